The molecule has 0 saturated carbocycles. The topological polar surface area (TPSA) is 51.7 Å². The summed E-state index contributed by atoms with van der Waals surface area (Å²) in [7, 11) is 1.49. The Balaban J connectivity index is 1.85. The van der Waals surface area contributed by atoms with Gasteiger partial charge in [0.1, 0.15) is 12.4 Å². The summed E-state index contributed by atoms with van der Waals surface area (Å²) in [5.41, 5.74) is 0.957. The third-order valence-corrected chi connectivity index (χ3v) is 3.53. The first-order valence-electron chi connectivity index (χ1n) is 6.99. The standard InChI is InChI=1S/C16H14F2N2O3/c1-22-15-6-10(2-3-19-15)7-16(21)20-4-5-23-14-9-12(18)11(17)8-13(14)20/h2-3,6,8-9H,4-5,7H2,1H3. The molecule has 0 saturated heterocycles. The summed E-state index contributed by atoms with van der Waals surface area (Å²) in [6.07, 6.45) is 1.64. The largest absolute Gasteiger partial charge is 0.489 e. The number of hydrogen-bond donors (Lipinski definition) is 0. The molecule has 1 aromatic heterocycles. The smallest absolute Gasteiger partial charge is 0.231 e. The van der Waals surface area contributed by atoms with Crippen molar-refractivity contribution >= 4 is 11.6 Å². The number of ether oxygens (including phenoxy) is 2. The monoisotopic (exact) mass is 320 g/mol. The molecule has 0 spiro atoms. The van der Waals surface area contributed by atoms with Crippen molar-refractivity contribution in [3.63, 3.8) is 0 Å². The summed E-state index contributed by atoms with van der Waals surface area (Å²) in [6, 6.07) is 5.30. The summed E-state index contributed by atoms with van der Waals surface area (Å²) in [4.78, 5) is 17.9. The highest BCUT2D eigenvalue weighted by Crippen LogP contribution is 2.34. The molecule has 1 aliphatic rings. The molecule has 7 heteroatoms. The lowest BCUT2D eigenvalue weighted by Gasteiger charge is -2.29. The lowest BCUT2D eigenvalue weighted by Crippen LogP contribution is -2.39. The molecular formula is C16H14F2N2O3. The summed E-state index contributed by atoms with van der Waals surface area (Å²) in [6.45, 7) is 0.503. The molecule has 3 rings (SSSR count). The van der Waals surface area contributed by atoms with Gasteiger partial charge in [0.05, 0.1) is 25.8 Å². The van der Waals surface area contributed by atoms with Crippen molar-refractivity contribution in [2.75, 3.05) is 25.2 Å². The number of nitrogens with zero attached hydrogens (tertiary/aromatic N) is 2. The van der Waals surface area contributed by atoms with Crippen LogP contribution in [-0.4, -0.2) is 31.2 Å². The van der Waals surface area contributed by atoms with Crippen molar-refractivity contribution in [3.8, 4) is 11.6 Å². The van der Waals surface area contributed by atoms with Crippen LogP contribution in [0.1, 0.15) is 5.56 Å². The van der Waals surface area contributed by atoms with Gasteiger partial charge >= 0.3 is 0 Å². The zero-order chi connectivity index (χ0) is 16.4. The summed E-state index contributed by atoms with van der Waals surface area (Å²) in [5, 5.41) is 0. The molecule has 2 heterocycles. The van der Waals surface area contributed by atoms with E-state index in [4.69, 9.17) is 9.47 Å². The molecule has 2 aromatic rings. The number of halogens is 2. The van der Waals surface area contributed by atoms with Gasteiger partial charge < -0.3 is 14.4 Å². The van der Waals surface area contributed by atoms with E-state index in [2.05, 4.69) is 4.98 Å². The highest BCUT2D eigenvalue weighted by molar-refractivity contribution is 5.96. The summed E-state index contributed by atoms with van der Waals surface area (Å²) in [5.74, 6) is -1.69. The van der Waals surface area contributed by atoms with Crippen molar-refractivity contribution < 1.29 is 23.0 Å². The minimum Gasteiger partial charge on any atom is -0.489 e. The summed E-state index contributed by atoms with van der Waals surface area (Å²) < 4.78 is 37.1. The maximum absolute atomic E-state index is 13.5. The fourth-order valence-corrected chi connectivity index (χ4v) is 2.41. The van der Waals surface area contributed by atoms with Crippen molar-refractivity contribution in [1.82, 2.24) is 4.98 Å². The van der Waals surface area contributed by atoms with Crippen LogP contribution in [0.25, 0.3) is 0 Å². The van der Waals surface area contributed by atoms with E-state index in [-0.39, 0.29) is 36.9 Å². The first-order valence-corrected chi connectivity index (χ1v) is 6.99. The first kappa shape index (κ1) is 15.2. The molecule has 0 aliphatic carbocycles. The first-order chi connectivity index (χ1) is 11.1. The lowest BCUT2D eigenvalue weighted by atomic mass is 10.1. The van der Waals surface area contributed by atoms with Crippen LogP contribution in [0.2, 0.25) is 0 Å². The number of anilines is 1. The lowest BCUT2D eigenvalue weighted by molar-refractivity contribution is -0.118. The second-order valence-corrected chi connectivity index (χ2v) is 5.01. The number of carbonyl (C=O) groups excluding carboxylic acids is 1. The summed E-state index contributed by atoms with van der Waals surface area (Å²) >= 11 is 0. The quantitative estimate of drug-likeness (QED) is 0.871. The number of benzene rings is 1. The van der Waals surface area contributed by atoms with E-state index >= 15 is 0 Å². The molecule has 1 aliphatic heterocycles. The molecule has 0 atom stereocenters. The molecule has 1 amide bonds. The highest BCUT2D eigenvalue weighted by atomic mass is 19.2. The molecular weight excluding hydrogens is 306 g/mol. The predicted octanol–water partition coefficient (Wildman–Crippen LogP) is 2.34. The second-order valence-electron chi connectivity index (χ2n) is 5.01. The van der Waals surface area contributed by atoms with Gasteiger partial charge in [-0.15, -0.1) is 0 Å². The van der Waals surface area contributed by atoms with Gasteiger partial charge in [0.15, 0.2) is 11.6 Å². The average molecular weight is 320 g/mol. The van der Waals surface area contributed by atoms with Gasteiger partial charge in [0.2, 0.25) is 11.8 Å². The van der Waals surface area contributed by atoms with Crippen LogP contribution in [0, 0.1) is 11.6 Å². The van der Waals surface area contributed by atoms with Gasteiger partial charge in [-0.2, -0.15) is 0 Å². The normalized spacial score (nSPS) is 13.3. The van der Waals surface area contributed by atoms with Gasteiger partial charge in [-0.1, -0.05) is 0 Å². The Kier molecular flexibility index (Phi) is 4.10. The van der Waals surface area contributed by atoms with Crippen LogP contribution in [0.15, 0.2) is 30.5 Å². The minimum atomic E-state index is -1.02. The molecule has 1 aromatic carbocycles. The van der Waals surface area contributed by atoms with E-state index < -0.39 is 11.6 Å². The van der Waals surface area contributed by atoms with E-state index in [1.54, 1.807) is 18.3 Å². The zero-order valence-corrected chi connectivity index (χ0v) is 12.4. The van der Waals surface area contributed by atoms with E-state index in [9.17, 15) is 13.6 Å². The van der Waals surface area contributed by atoms with Gasteiger partial charge in [0.25, 0.3) is 0 Å². The Labute approximate surface area is 131 Å². The van der Waals surface area contributed by atoms with Gasteiger partial charge in [-0.3, -0.25) is 4.79 Å². The molecule has 23 heavy (non-hydrogen) atoms. The molecule has 5 nitrogen and oxygen atoms in total. The Morgan fingerprint density at radius 2 is 2.13 bits per heavy atom. The SMILES string of the molecule is COc1cc(CC(=O)N2CCOc3cc(F)c(F)cc32)ccn1. The third-order valence-electron chi connectivity index (χ3n) is 3.53. The third kappa shape index (κ3) is 3.08. The molecule has 0 unspecified atom stereocenters. The van der Waals surface area contributed by atoms with E-state index in [1.807, 2.05) is 0 Å². The van der Waals surface area contributed by atoms with Gasteiger partial charge in [-0.25, -0.2) is 13.8 Å². The van der Waals surface area contributed by atoms with Gasteiger partial charge in [0, 0.05) is 24.4 Å². The fourth-order valence-electron chi connectivity index (χ4n) is 2.41. The zero-order valence-electron chi connectivity index (χ0n) is 12.4. The van der Waals surface area contributed by atoms with Crippen LogP contribution in [-0.2, 0) is 11.2 Å². The van der Waals surface area contributed by atoms with Crippen molar-refractivity contribution in [3.05, 3.63) is 47.7 Å². The van der Waals surface area contributed by atoms with E-state index in [1.165, 1.54) is 12.0 Å². The average Bonchev–Trinajstić information content (AvgIpc) is 2.55. The maximum Gasteiger partial charge on any atom is 0.231 e. The fraction of sp³-hybridized carbons (Fsp3) is 0.250. The number of aromatic nitrogens is 1. The minimum absolute atomic E-state index is 0.0946. The van der Waals surface area contributed by atoms with Crippen LogP contribution < -0.4 is 14.4 Å². The number of pyridine rings is 1. The Morgan fingerprint density at radius 1 is 1.35 bits per heavy atom. The highest BCUT2D eigenvalue weighted by Gasteiger charge is 2.26. The Morgan fingerprint density at radius 3 is 2.91 bits per heavy atom. The van der Waals surface area contributed by atoms with E-state index in [0.29, 0.717) is 5.88 Å². The van der Waals surface area contributed by atoms with Crippen molar-refractivity contribution in [2.24, 2.45) is 0 Å². The van der Waals surface area contributed by atoms with Gasteiger partial charge in [-0.05, 0) is 11.6 Å². The Bertz CT molecular complexity index is 752. The second kappa shape index (κ2) is 6.20. The van der Waals surface area contributed by atoms with Crippen molar-refractivity contribution in [2.45, 2.75) is 6.42 Å². The molecule has 0 N–H and O–H groups in total. The van der Waals surface area contributed by atoms with Crippen LogP contribution in [0.4, 0.5) is 14.5 Å². The number of amides is 1. The Hall–Kier alpha value is -2.70. The molecule has 0 radical (unpaired) electrons. The predicted molar refractivity (Wildman–Crippen MR) is 78.7 cm³/mol. The van der Waals surface area contributed by atoms with Crippen LogP contribution in [0.3, 0.4) is 0 Å². The van der Waals surface area contributed by atoms with E-state index in [0.717, 1.165) is 17.7 Å². The van der Waals surface area contributed by atoms with Crippen LogP contribution >= 0.6 is 0 Å². The van der Waals surface area contributed by atoms with Crippen molar-refractivity contribution in [1.29, 1.82) is 0 Å². The van der Waals surface area contributed by atoms with Crippen LogP contribution in [0.5, 0.6) is 11.6 Å². The number of rotatable bonds is 3. The maximum atomic E-state index is 13.5. The number of fused-ring (bicyclic) bond motifs is 1. The number of hydrogen-bond acceptors (Lipinski definition) is 4. The molecule has 0 bridgehead atoms. The number of methoxy groups -OCH3 is 1. The molecule has 120 valence electrons. The molecule has 0 fully saturated rings. The number of carbonyl (C=O) groups is 1.